The second kappa shape index (κ2) is 4.01. The smallest absolute Gasteiger partial charge is 0.248 e. The minimum Gasteiger partial charge on any atom is -0.326 e. The molecule has 0 spiro atoms. The number of aromatic nitrogens is 1. The number of aryl methyl sites for hydroxylation is 1. The normalized spacial score (nSPS) is 18.1. The number of hydrogen-bond acceptors (Lipinski definition) is 2. The van der Waals surface area contributed by atoms with Gasteiger partial charge in [0.25, 0.3) is 0 Å². The lowest BCUT2D eigenvalue weighted by Crippen LogP contribution is -2.17. The summed E-state index contributed by atoms with van der Waals surface area (Å²) >= 11 is 0. The van der Waals surface area contributed by atoms with Crippen LogP contribution in [0.2, 0.25) is 0 Å². The van der Waals surface area contributed by atoms with E-state index < -0.39 is 0 Å². The van der Waals surface area contributed by atoms with Crippen molar-refractivity contribution in [2.75, 3.05) is 0 Å². The Balaban J connectivity index is 2.22. The van der Waals surface area contributed by atoms with Gasteiger partial charge >= 0.3 is 0 Å². The molecule has 15 heavy (non-hydrogen) atoms. The molecule has 0 amide bonds. The van der Waals surface area contributed by atoms with Crippen LogP contribution in [0.5, 0.6) is 0 Å². The minimum absolute atomic E-state index is 0.0399. The second-order valence-corrected chi connectivity index (χ2v) is 4.29. The van der Waals surface area contributed by atoms with Gasteiger partial charge in [-0.3, -0.25) is 9.59 Å². The van der Waals surface area contributed by atoms with Gasteiger partial charge in [-0.25, -0.2) is 0 Å². The van der Waals surface area contributed by atoms with E-state index in [9.17, 15) is 9.59 Å². The largest absolute Gasteiger partial charge is 0.326 e. The lowest BCUT2D eigenvalue weighted by Gasteiger charge is -2.20. The zero-order valence-corrected chi connectivity index (χ0v) is 8.88. The molecule has 1 aromatic heterocycles. The number of Topliss-reactive ketones (excluding diaryl/α,β-unsaturated/α-hetero) is 1. The average Bonchev–Trinajstić information content (AvgIpc) is 2.17. The van der Waals surface area contributed by atoms with Crippen molar-refractivity contribution in [2.45, 2.75) is 38.5 Å². The van der Waals surface area contributed by atoms with Crippen molar-refractivity contribution in [1.82, 2.24) is 4.98 Å². The maximum Gasteiger partial charge on any atom is 0.248 e. The van der Waals surface area contributed by atoms with Gasteiger partial charge in [-0.05, 0) is 37.3 Å². The van der Waals surface area contributed by atoms with E-state index in [1.165, 1.54) is 0 Å². The summed E-state index contributed by atoms with van der Waals surface area (Å²) in [6.45, 7) is 1.92. The van der Waals surface area contributed by atoms with Gasteiger partial charge in [0, 0.05) is 24.6 Å². The van der Waals surface area contributed by atoms with Crippen LogP contribution in [-0.2, 0) is 4.79 Å². The summed E-state index contributed by atoms with van der Waals surface area (Å²) in [4.78, 5) is 25.3. The SMILES string of the molecule is Cc1cc(C2CCC(=O)CC2)[nH]c(=O)c1. The molecule has 0 aromatic carbocycles. The number of carbonyl (C=O) groups excluding carboxylic acids is 1. The standard InChI is InChI=1S/C12H15NO2/c1-8-6-11(13-12(15)7-8)9-2-4-10(14)5-3-9/h6-7,9H,2-5H2,1H3,(H,13,15). The van der Waals surface area contributed by atoms with Crippen molar-refractivity contribution < 1.29 is 4.79 Å². The molecular weight excluding hydrogens is 190 g/mol. The summed E-state index contributed by atoms with van der Waals surface area (Å²) < 4.78 is 0. The molecule has 0 unspecified atom stereocenters. The second-order valence-electron chi connectivity index (χ2n) is 4.29. The highest BCUT2D eigenvalue weighted by Gasteiger charge is 2.20. The van der Waals surface area contributed by atoms with Crippen LogP contribution in [0.4, 0.5) is 0 Å². The number of carbonyl (C=O) groups is 1. The number of pyridine rings is 1. The molecule has 0 aliphatic heterocycles. The van der Waals surface area contributed by atoms with E-state index in [1.807, 2.05) is 13.0 Å². The third-order valence-corrected chi connectivity index (χ3v) is 2.99. The molecule has 1 aliphatic rings. The number of H-pyrrole nitrogens is 1. The molecule has 0 bridgehead atoms. The monoisotopic (exact) mass is 205 g/mol. The zero-order valence-electron chi connectivity index (χ0n) is 8.88. The highest BCUT2D eigenvalue weighted by Crippen LogP contribution is 2.29. The van der Waals surface area contributed by atoms with Crippen molar-refractivity contribution >= 4 is 5.78 Å². The van der Waals surface area contributed by atoms with Crippen LogP contribution in [0.15, 0.2) is 16.9 Å². The Labute approximate surface area is 88.5 Å². The number of hydrogen-bond donors (Lipinski definition) is 1. The lowest BCUT2D eigenvalue weighted by molar-refractivity contribution is -0.120. The van der Waals surface area contributed by atoms with E-state index in [0.717, 1.165) is 24.1 Å². The molecule has 1 aliphatic carbocycles. The highest BCUT2D eigenvalue weighted by atomic mass is 16.1. The Hall–Kier alpha value is -1.38. The average molecular weight is 205 g/mol. The molecule has 3 heteroatoms. The summed E-state index contributed by atoms with van der Waals surface area (Å²) in [5.41, 5.74) is 1.94. The van der Waals surface area contributed by atoms with Gasteiger partial charge in [0.2, 0.25) is 5.56 Å². The molecule has 0 atom stereocenters. The molecule has 2 rings (SSSR count). The first-order valence-corrected chi connectivity index (χ1v) is 5.38. The molecule has 1 N–H and O–H groups in total. The predicted octanol–water partition coefficient (Wildman–Crippen LogP) is 1.91. The fourth-order valence-corrected chi connectivity index (χ4v) is 2.18. The molecule has 1 saturated carbocycles. The van der Waals surface area contributed by atoms with E-state index in [4.69, 9.17) is 0 Å². The van der Waals surface area contributed by atoms with Gasteiger partial charge in [-0.2, -0.15) is 0 Å². The molecule has 3 nitrogen and oxygen atoms in total. The molecule has 1 aromatic rings. The van der Waals surface area contributed by atoms with Crippen LogP contribution in [0.3, 0.4) is 0 Å². The first-order valence-electron chi connectivity index (χ1n) is 5.38. The Morgan fingerprint density at radius 1 is 1.20 bits per heavy atom. The van der Waals surface area contributed by atoms with Crippen molar-refractivity contribution in [3.05, 3.63) is 33.7 Å². The fraction of sp³-hybridized carbons (Fsp3) is 0.500. The van der Waals surface area contributed by atoms with Crippen LogP contribution in [0.25, 0.3) is 0 Å². The molecular formula is C12H15NO2. The van der Waals surface area contributed by atoms with Gasteiger partial charge in [-0.15, -0.1) is 0 Å². The van der Waals surface area contributed by atoms with E-state index in [1.54, 1.807) is 6.07 Å². The first-order chi connectivity index (χ1) is 7.15. The van der Waals surface area contributed by atoms with Crippen molar-refractivity contribution in [2.24, 2.45) is 0 Å². The first kappa shape index (κ1) is 10.1. The zero-order chi connectivity index (χ0) is 10.8. The van der Waals surface area contributed by atoms with Gasteiger partial charge in [0.1, 0.15) is 5.78 Å². The fourth-order valence-electron chi connectivity index (χ4n) is 2.18. The Morgan fingerprint density at radius 2 is 1.87 bits per heavy atom. The topological polar surface area (TPSA) is 49.9 Å². The third kappa shape index (κ3) is 2.35. The Kier molecular flexibility index (Phi) is 2.71. The van der Waals surface area contributed by atoms with Crippen LogP contribution >= 0.6 is 0 Å². The number of nitrogens with one attached hydrogen (secondary N) is 1. The molecule has 1 fully saturated rings. The van der Waals surface area contributed by atoms with Crippen LogP contribution < -0.4 is 5.56 Å². The van der Waals surface area contributed by atoms with Crippen LogP contribution in [-0.4, -0.2) is 10.8 Å². The van der Waals surface area contributed by atoms with Gasteiger partial charge in [0.05, 0.1) is 0 Å². The summed E-state index contributed by atoms with van der Waals surface area (Å²) in [6, 6.07) is 3.61. The molecule has 0 saturated heterocycles. The quantitative estimate of drug-likeness (QED) is 0.761. The third-order valence-electron chi connectivity index (χ3n) is 2.99. The van der Waals surface area contributed by atoms with Gasteiger partial charge < -0.3 is 4.98 Å². The van der Waals surface area contributed by atoms with Crippen molar-refractivity contribution in [3.63, 3.8) is 0 Å². The summed E-state index contributed by atoms with van der Waals surface area (Å²) in [5.74, 6) is 0.705. The minimum atomic E-state index is -0.0399. The van der Waals surface area contributed by atoms with Crippen molar-refractivity contribution in [1.29, 1.82) is 0 Å². The van der Waals surface area contributed by atoms with E-state index in [-0.39, 0.29) is 5.56 Å². The van der Waals surface area contributed by atoms with Crippen LogP contribution in [0.1, 0.15) is 42.9 Å². The van der Waals surface area contributed by atoms with Gasteiger partial charge in [-0.1, -0.05) is 0 Å². The maximum absolute atomic E-state index is 11.3. The predicted molar refractivity (Wildman–Crippen MR) is 58.0 cm³/mol. The highest BCUT2D eigenvalue weighted by molar-refractivity contribution is 5.79. The molecule has 80 valence electrons. The lowest BCUT2D eigenvalue weighted by atomic mass is 9.85. The summed E-state index contributed by atoms with van der Waals surface area (Å²) in [5, 5.41) is 0. The molecule has 1 heterocycles. The molecule has 0 radical (unpaired) electrons. The number of ketones is 1. The van der Waals surface area contributed by atoms with E-state index in [2.05, 4.69) is 4.98 Å². The Bertz CT molecular complexity index is 423. The van der Waals surface area contributed by atoms with E-state index >= 15 is 0 Å². The van der Waals surface area contributed by atoms with E-state index in [0.29, 0.717) is 24.5 Å². The number of aromatic amines is 1. The van der Waals surface area contributed by atoms with Crippen molar-refractivity contribution in [3.8, 4) is 0 Å². The van der Waals surface area contributed by atoms with Crippen LogP contribution in [0, 0.1) is 6.92 Å². The Morgan fingerprint density at radius 3 is 2.47 bits per heavy atom. The summed E-state index contributed by atoms with van der Waals surface area (Å²) in [6.07, 6.45) is 3.05. The summed E-state index contributed by atoms with van der Waals surface area (Å²) in [7, 11) is 0. The maximum atomic E-state index is 11.3. The van der Waals surface area contributed by atoms with Gasteiger partial charge in [0.15, 0.2) is 0 Å². The number of rotatable bonds is 1.